The Kier molecular flexibility index (Phi) is 4.73. The zero-order valence-corrected chi connectivity index (χ0v) is 12.6. The maximum atomic E-state index is 9.31. The Bertz CT molecular complexity index is 698. The van der Waals surface area contributed by atoms with Gasteiger partial charge < -0.3 is 20.1 Å². The monoisotopic (exact) mass is 298 g/mol. The highest BCUT2D eigenvalue weighted by atomic mass is 16.3. The third-order valence-electron chi connectivity index (χ3n) is 4.01. The molecule has 3 N–H and O–H groups in total. The molecule has 2 aromatic carbocycles. The minimum atomic E-state index is -0.673. The molecule has 0 aliphatic heterocycles. The highest BCUT2D eigenvalue weighted by molar-refractivity contribution is 6.07. The first-order chi connectivity index (χ1) is 10.8. The first-order valence-corrected chi connectivity index (χ1v) is 7.77. The zero-order chi connectivity index (χ0) is 15.4. The average molecular weight is 298 g/mol. The third kappa shape index (κ3) is 2.99. The second-order valence-corrected chi connectivity index (χ2v) is 5.58. The molecule has 0 saturated carbocycles. The Balaban J connectivity index is 1.75. The third-order valence-corrected chi connectivity index (χ3v) is 4.01. The first-order valence-electron chi connectivity index (χ1n) is 7.77. The van der Waals surface area contributed by atoms with Crippen molar-refractivity contribution in [2.45, 2.75) is 19.1 Å². The van der Waals surface area contributed by atoms with Crippen LogP contribution in [0.4, 0.5) is 0 Å². The molecule has 0 spiro atoms. The number of aryl methyl sites for hydroxylation is 1. The van der Waals surface area contributed by atoms with E-state index in [2.05, 4.69) is 58.4 Å². The molecule has 1 aromatic heterocycles. The van der Waals surface area contributed by atoms with Gasteiger partial charge >= 0.3 is 0 Å². The molecule has 0 fully saturated rings. The second kappa shape index (κ2) is 6.92. The number of aliphatic hydroxyl groups is 2. The lowest BCUT2D eigenvalue weighted by molar-refractivity contribution is 0.0945. The lowest BCUT2D eigenvalue weighted by Crippen LogP contribution is -2.30. The van der Waals surface area contributed by atoms with Crippen molar-refractivity contribution >= 4 is 21.8 Å². The molecule has 22 heavy (non-hydrogen) atoms. The van der Waals surface area contributed by atoms with E-state index in [0.29, 0.717) is 6.54 Å². The van der Waals surface area contributed by atoms with Crippen molar-refractivity contribution in [1.29, 1.82) is 0 Å². The van der Waals surface area contributed by atoms with Crippen molar-refractivity contribution in [2.75, 3.05) is 19.7 Å². The summed E-state index contributed by atoms with van der Waals surface area (Å²) in [6.07, 6.45) is 0.300. The number of aliphatic hydroxyl groups excluding tert-OH is 2. The molecule has 1 atom stereocenters. The standard InChI is InChI=1S/C18H22N2O2/c21-13-14(22)12-19-10-5-11-20-17-8-3-1-6-15(17)16-7-2-4-9-18(16)20/h1-4,6-9,14,19,21-22H,5,10-13H2/t14-/m1/s1. The predicted octanol–water partition coefficient (Wildman–Crippen LogP) is 2.13. The Morgan fingerprint density at radius 2 is 1.55 bits per heavy atom. The molecule has 3 aromatic rings. The van der Waals surface area contributed by atoms with E-state index in [1.54, 1.807) is 0 Å². The molecule has 0 amide bonds. The molecule has 3 rings (SSSR count). The maximum Gasteiger partial charge on any atom is 0.0894 e. The summed E-state index contributed by atoms with van der Waals surface area (Å²) in [5, 5.41) is 23.8. The molecule has 0 unspecified atom stereocenters. The van der Waals surface area contributed by atoms with Gasteiger partial charge in [-0.1, -0.05) is 36.4 Å². The summed E-state index contributed by atoms with van der Waals surface area (Å²) in [4.78, 5) is 0. The largest absolute Gasteiger partial charge is 0.394 e. The number of benzene rings is 2. The van der Waals surface area contributed by atoms with Crippen molar-refractivity contribution in [1.82, 2.24) is 9.88 Å². The predicted molar refractivity (Wildman–Crippen MR) is 90.0 cm³/mol. The van der Waals surface area contributed by atoms with Crippen LogP contribution in [0.15, 0.2) is 48.5 Å². The van der Waals surface area contributed by atoms with Crippen LogP contribution in [0.2, 0.25) is 0 Å². The number of para-hydroxylation sites is 2. The minimum absolute atomic E-state index is 0.195. The highest BCUT2D eigenvalue weighted by Gasteiger charge is 2.09. The number of fused-ring (bicyclic) bond motifs is 3. The number of rotatable bonds is 7. The smallest absolute Gasteiger partial charge is 0.0894 e. The molecule has 1 heterocycles. The normalized spacial score (nSPS) is 13.0. The van der Waals surface area contributed by atoms with Crippen LogP contribution in [-0.2, 0) is 6.54 Å². The van der Waals surface area contributed by atoms with Crippen LogP contribution in [0.1, 0.15) is 6.42 Å². The van der Waals surface area contributed by atoms with Crippen LogP contribution in [0.3, 0.4) is 0 Å². The zero-order valence-electron chi connectivity index (χ0n) is 12.6. The van der Waals surface area contributed by atoms with Gasteiger partial charge in [0.05, 0.1) is 12.7 Å². The van der Waals surface area contributed by atoms with Crippen molar-refractivity contribution in [3.63, 3.8) is 0 Å². The van der Waals surface area contributed by atoms with Gasteiger partial charge in [-0.15, -0.1) is 0 Å². The minimum Gasteiger partial charge on any atom is -0.394 e. The fourth-order valence-corrected chi connectivity index (χ4v) is 2.94. The summed E-state index contributed by atoms with van der Waals surface area (Å²) in [6, 6.07) is 17.0. The van der Waals surface area contributed by atoms with E-state index >= 15 is 0 Å². The van der Waals surface area contributed by atoms with Crippen LogP contribution in [0.25, 0.3) is 21.8 Å². The molecule has 116 valence electrons. The lowest BCUT2D eigenvalue weighted by atomic mass is 10.2. The summed E-state index contributed by atoms with van der Waals surface area (Å²) in [5.74, 6) is 0. The van der Waals surface area contributed by atoms with Gasteiger partial charge in [-0.2, -0.15) is 0 Å². The lowest BCUT2D eigenvalue weighted by Gasteiger charge is -2.10. The molecule has 4 heteroatoms. The van der Waals surface area contributed by atoms with Crippen molar-refractivity contribution in [2.24, 2.45) is 0 Å². The van der Waals surface area contributed by atoms with E-state index in [1.807, 2.05) is 0 Å². The van der Waals surface area contributed by atoms with Gasteiger partial charge in [0.2, 0.25) is 0 Å². The van der Waals surface area contributed by atoms with Crippen LogP contribution >= 0.6 is 0 Å². The Hall–Kier alpha value is -1.88. The number of aromatic nitrogens is 1. The van der Waals surface area contributed by atoms with Gasteiger partial charge in [0.25, 0.3) is 0 Å². The van der Waals surface area contributed by atoms with Crippen LogP contribution in [-0.4, -0.2) is 40.6 Å². The van der Waals surface area contributed by atoms with E-state index in [9.17, 15) is 5.11 Å². The van der Waals surface area contributed by atoms with E-state index in [0.717, 1.165) is 19.5 Å². The van der Waals surface area contributed by atoms with E-state index in [4.69, 9.17) is 5.11 Å². The van der Waals surface area contributed by atoms with Crippen molar-refractivity contribution in [3.05, 3.63) is 48.5 Å². The van der Waals surface area contributed by atoms with E-state index in [-0.39, 0.29) is 6.61 Å². The van der Waals surface area contributed by atoms with Crippen LogP contribution in [0, 0.1) is 0 Å². The van der Waals surface area contributed by atoms with Gasteiger partial charge in [-0.05, 0) is 25.1 Å². The molecule has 4 nitrogen and oxygen atoms in total. The molecule has 0 aliphatic carbocycles. The fourth-order valence-electron chi connectivity index (χ4n) is 2.94. The SMILES string of the molecule is OC[C@H](O)CNCCCn1c2ccccc2c2ccccc21. The Morgan fingerprint density at radius 3 is 2.14 bits per heavy atom. The number of nitrogens with zero attached hydrogens (tertiary/aromatic N) is 1. The number of hydrogen-bond donors (Lipinski definition) is 3. The Morgan fingerprint density at radius 1 is 0.955 bits per heavy atom. The summed E-state index contributed by atoms with van der Waals surface area (Å²) in [5.41, 5.74) is 2.53. The van der Waals surface area contributed by atoms with Gasteiger partial charge in [0.15, 0.2) is 0 Å². The molecule has 0 saturated heterocycles. The summed E-state index contributed by atoms with van der Waals surface area (Å²) < 4.78 is 2.36. The number of hydrogen-bond acceptors (Lipinski definition) is 3. The topological polar surface area (TPSA) is 57.4 Å². The van der Waals surface area contributed by atoms with E-state index < -0.39 is 6.10 Å². The quantitative estimate of drug-likeness (QED) is 0.586. The van der Waals surface area contributed by atoms with Gasteiger partial charge in [0, 0.05) is 34.9 Å². The van der Waals surface area contributed by atoms with E-state index in [1.165, 1.54) is 21.8 Å². The van der Waals surface area contributed by atoms with Gasteiger partial charge in [-0.3, -0.25) is 0 Å². The summed E-state index contributed by atoms with van der Waals surface area (Å²) >= 11 is 0. The number of nitrogens with one attached hydrogen (secondary N) is 1. The summed E-state index contributed by atoms with van der Waals surface area (Å²) in [6.45, 7) is 1.98. The highest BCUT2D eigenvalue weighted by Crippen LogP contribution is 2.28. The van der Waals surface area contributed by atoms with Crippen molar-refractivity contribution in [3.8, 4) is 0 Å². The van der Waals surface area contributed by atoms with Gasteiger partial charge in [-0.25, -0.2) is 0 Å². The molecular weight excluding hydrogens is 276 g/mol. The Labute approximate surface area is 130 Å². The molecule has 0 aliphatic rings. The fraction of sp³-hybridized carbons (Fsp3) is 0.333. The first kappa shape index (κ1) is 15.0. The van der Waals surface area contributed by atoms with Crippen LogP contribution in [0.5, 0.6) is 0 Å². The maximum absolute atomic E-state index is 9.31. The molecule has 0 radical (unpaired) electrons. The second-order valence-electron chi connectivity index (χ2n) is 5.58. The molecular formula is C18H22N2O2. The van der Waals surface area contributed by atoms with Gasteiger partial charge in [0.1, 0.15) is 0 Å². The molecule has 0 bridgehead atoms. The van der Waals surface area contributed by atoms with Crippen LogP contribution < -0.4 is 5.32 Å². The summed E-state index contributed by atoms with van der Waals surface area (Å²) in [7, 11) is 0. The van der Waals surface area contributed by atoms with Crippen molar-refractivity contribution < 1.29 is 10.2 Å². The average Bonchev–Trinajstić information content (AvgIpc) is 2.89.